The second-order valence-corrected chi connectivity index (χ2v) is 9.11. The molecule has 3 aromatic heterocycles. The molecule has 0 aromatic carbocycles. The van der Waals surface area contributed by atoms with Gasteiger partial charge in [0.2, 0.25) is 5.95 Å². The van der Waals surface area contributed by atoms with Crippen LogP contribution in [0.5, 0.6) is 0 Å². The summed E-state index contributed by atoms with van der Waals surface area (Å²) in [6, 6.07) is -0.207. The van der Waals surface area contributed by atoms with Crippen molar-refractivity contribution in [1.82, 2.24) is 29.6 Å². The Balaban J connectivity index is 1.45. The van der Waals surface area contributed by atoms with Crippen molar-refractivity contribution in [3.8, 4) is 0 Å². The Morgan fingerprint density at radius 1 is 1.02 bits per heavy atom. The van der Waals surface area contributed by atoms with Crippen LogP contribution in [-0.2, 0) is 18.9 Å². The largest absolute Gasteiger partial charge is 0.423 e. The van der Waals surface area contributed by atoms with Gasteiger partial charge in [-0.3, -0.25) is 14.4 Å². The lowest BCUT2D eigenvalue weighted by molar-refractivity contribution is -0.139. The van der Waals surface area contributed by atoms with Crippen molar-refractivity contribution >= 4 is 17.5 Å². The molecule has 11 nitrogen and oxygen atoms in total. The smallest absolute Gasteiger partial charge is 0.379 e. The monoisotopic (exact) mass is 590 g/mol. The van der Waals surface area contributed by atoms with Crippen LogP contribution in [0, 0.1) is 5.82 Å². The Morgan fingerprint density at radius 2 is 1.66 bits per heavy atom. The van der Waals surface area contributed by atoms with E-state index in [2.05, 4.69) is 20.4 Å². The highest BCUT2D eigenvalue weighted by molar-refractivity contribution is 5.94. The Hall–Kier alpha value is -4.51. The molecular formula is C23H21F7N8O3. The number of alkyl halides is 6. The van der Waals surface area contributed by atoms with Crippen LogP contribution in [0.25, 0.3) is 0 Å². The SMILES string of the molecule is C[C@@H](Cn1cc(C(=O)N2CCN(c3ncc(C(F)(F)F)cn3)CC2)cc(F)c1=O)Nc1cn[nH]c(=O)c1C(F)(F)F. The van der Waals surface area contributed by atoms with Gasteiger partial charge >= 0.3 is 12.4 Å². The maximum atomic E-state index is 14.5. The summed E-state index contributed by atoms with van der Waals surface area (Å²) in [6.07, 6.45) is -6.48. The number of carbonyl (C=O) groups excluding carboxylic acids is 1. The van der Waals surface area contributed by atoms with Gasteiger partial charge in [-0.25, -0.2) is 19.5 Å². The van der Waals surface area contributed by atoms with Crippen molar-refractivity contribution in [2.75, 3.05) is 36.4 Å². The number of amides is 1. The minimum absolute atomic E-state index is 0.0375. The summed E-state index contributed by atoms with van der Waals surface area (Å²) < 4.78 is 93.5. The molecule has 0 spiro atoms. The third kappa shape index (κ3) is 6.63. The quantitative estimate of drug-likeness (QED) is 0.419. The van der Waals surface area contributed by atoms with Gasteiger partial charge in [0.1, 0.15) is 5.56 Å². The fourth-order valence-corrected chi connectivity index (χ4v) is 4.17. The van der Waals surface area contributed by atoms with Crippen LogP contribution in [0.4, 0.5) is 42.4 Å². The summed E-state index contributed by atoms with van der Waals surface area (Å²) in [6.45, 7) is 1.48. The van der Waals surface area contributed by atoms with E-state index in [1.165, 1.54) is 11.8 Å². The van der Waals surface area contributed by atoms with Crippen molar-refractivity contribution < 1.29 is 35.5 Å². The number of carbonyl (C=O) groups is 1. The number of pyridine rings is 1. The van der Waals surface area contributed by atoms with Gasteiger partial charge in [-0.05, 0) is 13.0 Å². The first-order chi connectivity index (χ1) is 19.1. The fourth-order valence-electron chi connectivity index (χ4n) is 4.17. The molecule has 2 N–H and O–H groups in total. The number of anilines is 2. The molecule has 0 aliphatic carbocycles. The van der Waals surface area contributed by atoms with Gasteiger partial charge < -0.3 is 19.7 Å². The number of halogens is 7. The summed E-state index contributed by atoms with van der Waals surface area (Å²) in [4.78, 5) is 47.5. The normalized spacial score (nSPS) is 15.1. The first-order valence-electron chi connectivity index (χ1n) is 11.9. The average molecular weight is 590 g/mol. The number of H-pyrrole nitrogens is 1. The van der Waals surface area contributed by atoms with Gasteiger partial charge in [0.25, 0.3) is 17.0 Å². The molecule has 18 heteroatoms. The maximum Gasteiger partial charge on any atom is 0.423 e. The molecule has 3 aromatic rings. The van der Waals surface area contributed by atoms with E-state index >= 15 is 0 Å². The predicted molar refractivity (Wildman–Crippen MR) is 129 cm³/mol. The van der Waals surface area contributed by atoms with E-state index in [9.17, 15) is 45.1 Å². The topological polar surface area (TPSA) is 129 Å². The summed E-state index contributed by atoms with van der Waals surface area (Å²) >= 11 is 0. The number of aromatic nitrogens is 5. The number of rotatable bonds is 6. The van der Waals surface area contributed by atoms with Crippen LogP contribution in [0.15, 0.2) is 40.4 Å². The molecule has 1 atom stereocenters. The second-order valence-electron chi connectivity index (χ2n) is 9.11. The van der Waals surface area contributed by atoms with Gasteiger partial charge in [0, 0.05) is 57.4 Å². The van der Waals surface area contributed by atoms with Crippen LogP contribution >= 0.6 is 0 Å². The molecule has 1 aliphatic heterocycles. The standard InChI is InChI=1S/C23H21F7N8O3/c1-12(34-16-9-33-35-18(39)17(16)23(28,29)30)10-38-11-13(6-15(24)20(38)41)19(40)36-2-4-37(5-3-36)21-31-7-14(8-32-21)22(25,26)27/h6-9,11-12H,2-5,10H2,1H3,(H2,34,35,39)/t12-/m0/s1. The molecule has 220 valence electrons. The van der Waals surface area contributed by atoms with E-state index in [-0.39, 0.29) is 44.2 Å². The van der Waals surface area contributed by atoms with E-state index in [0.29, 0.717) is 12.4 Å². The van der Waals surface area contributed by atoms with Gasteiger partial charge in [0.05, 0.1) is 23.0 Å². The molecule has 41 heavy (non-hydrogen) atoms. The Morgan fingerprint density at radius 3 is 2.24 bits per heavy atom. The van der Waals surface area contributed by atoms with Crippen LogP contribution in [-0.4, -0.2) is 67.8 Å². The summed E-state index contributed by atoms with van der Waals surface area (Å²) in [5.41, 5.74) is -5.99. The number of hydrogen-bond acceptors (Lipinski definition) is 8. The zero-order chi connectivity index (χ0) is 30.1. The number of nitrogens with zero attached hydrogens (tertiary/aromatic N) is 6. The van der Waals surface area contributed by atoms with Crippen molar-refractivity contribution in [3.05, 3.63) is 74.1 Å². The molecule has 1 fully saturated rings. The lowest BCUT2D eigenvalue weighted by Gasteiger charge is -2.34. The van der Waals surface area contributed by atoms with Crippen molar-refractivity contribution in [3.63, 3.8) is 0 Å². The molecule has 1 amide bonds. The van der Waals surface area contributed by atoms with Crippen molar-refractivity contribution in [1.29, 1.82) is 0 Å². The summed E-state index contributed by atoms with van der Waals surface area (Å²) in [5.74, 6) is -1.88. The molecule has 1 saturated heterocycles. The summed E-state index contributed by atoms with van der Waals surface area (Å²) in [5, 5.41) is 7.47. The first kappa shape index (κ1) is 29.5. The van der Waals surface area contributed by atoms with Crippen LogP contribution in [0.2, 0.25) is 0 Å². The van der Waals surface area contributed by atoms with E-state index in [1.54, 1.807) is 10.00 Å². The predicted octanol–water partition coefficient (Wildman–Crippen LogP) is 2.36. The first-order valence-corrected chi connectivity index (χ1v) is 11.9. The molecule has 0 saturated carbocycles. The average Bonchev–Trinajstić information content (AvgIpc) is 2.89. The lowest BCUT2D eigenvalue weighted by atomic mass is 10.2. The lowest BCUT2D eigenvalue weighted by Crippen LogP contribution is -2.49. The van der Waals surface area contributed by atoms with Gasteiger partial charge in [0.15, 0.2) is 5.82 Å². The van der Waals surface area contributed by atoms with E-state index in [1.807, 2.05) is 0 Å². The minimum atomic E-state index is -5.00. The van der Waals surface area contributed by atoms with Gasteiger partial charge in [-0.1, -0.05) is 0 Å². The Kier molecular flexibility index (Phi) is 8.03. The molecule has 0 bridgehead atoms. The molecule has 4 rings (SSSR count). The van der Waals surface area contributed by atoms with E-state index < -0.39 is 58.1 Å². The fraction of sp³-hybridized carbons (Fsp3) is 0.391. The zero-order valence-corrected chi connectivity index (χ0v) is 21.1. The molecule has 4 heterocycles. The molecule has 0 unspecified atom stereocenters. The van der Waals surface area contributed by atoms with Crippen LogP contribution in [0.3, 0.4) is 0 Å². The second kappa shape index (κ2) is 11.2. The number of piperazine rings is 1. The van der Waals surface area contributed by atoms with Crippen LogP contribution in [0.1, 0.15) is 28.4 Å². The highest BCUT2D eigenvalue weighted by Gasteiger charge is 2.37. The van der Waals surface area contributed by atoms with Gasteiger partial charge in [-0.15, -0.1) is 0 Å². The Labute approximate surface area is 225 Å². The third-order valence-electron chi connectivity index (χ3n) is 6.12. The van der Waals surface area contributed by atoms with Crippen molar-refractivity contribution in [2.45, 2.75) is 31.9 Å². The van der Waals surface area contributed by atoms with E-state index in [4.69, 9.17) is 0 Å². The third-order valence-corrected chi connectivity index (χ3v) is 6.12. The molecule has 1 aliphatic rings. The molecule has 0 radical (unpaired) electrons. The zero-order valence-electron chi connectivity index (χ0n) is 21.1. The van der Waals surface area contributed by atoms with Gasteiger partial charge in [-0.2, -0.15) is 31.4 Å². The summed E-state index contributed by atoms with van der Waals surface area (Å²) in [7, 11) is 0. The maximum absolute atomic E-state index is 14.5. The number of nitrogens with one attached hydrogen (secondary N) is 2. The number of aromatic amines is 1. The van der Waals surface area contributed by atoms with Crippen LogP contribution < -0.4 is 21.3 Å². The number of hydrogen-bond donors (Lipinski definition) is 2. The highest BCUT2D eigenvalue weighted by atomic mass is 19.4. The highest BCUT2D eigenvalue weighted by Crippen LogP contribution is 2.32. The Bertz CT molecular complexity index is 1530. The van der Waals surface area contributed by atoms with Crippen molar-refractivity contribution in [2.24, 2.45) is 0 Å². The minimum Gasteiger partial charge on any atom is -0.379 e. The van der Waals surface area contributed by atoms with E-state index in [0.717, 1.165) is 23.0 Å². The molecular weight excluding hydrogens is 569 g/mol.